The number of nitro groups is 1. The lowest BCUT2D eigenvalue weighted by atomic mass is 10.1. The molecule has 1 atom stereocenters. The predicted molar refractivity (Wildman–Crippen MR) is 94.3 cm³/mol. The lowest BCUT2D eigenvalue weighted by Crippen LogP contribution is -2.41. The van der Waals surface area contributed by atoms with E-state index in [2.05, 4.69) is 11.9 Å². The molecule has 7 heteroatoms. The van der Waals surface area contributed by atoms with Gasteiger partial charge in [0.1, 0.15) is 6.04 Å². The standard InChI is InChI=1S/C18H24N2O5/c1-3-4-5-6-7-8-12-16(18(22)25-2)19-17(21)14-10-9-11-15(13-14)20(23)24/h3,9-11,13,16H,1,4-8,12H2,2H3,(H,19,21)/t16-/m0/s1. The van der Waals surface area contributed by atoms with Crippen molar-refractivity contribution in [1.82, 2.24) is 5.32 Å². The van der Waals surface area contributed by atoms with Crippen LogP contribution < -0.4 is 5.32 Å². The summed E-state index contributed by atoms with van der Waals surface area (Å²) < 4.78 is 4.73. The van der Waals surface area contributed by atoms with Crippen LogP contribution in [0.4, 0.5) is 5.69 Å². The van der Waals surface area contributed by atoms with Crippen LogP contribution in [0.3, 0.4) is 0 Å². The number of rotatable bonds is 11. The molecule has 0 aliphatic carbocycles. The fourth-order valence-corrected chi connectivity index (χ4v) is 2.38. The number of hydrogen-bond donors (Lipinski definition) is 1. The molecule has 0 aliphatic heterocycles. The molecule has 0 saturated heterocycles. The normalized spacial score (nSPS) is 11.4. The summed E-state index contributed by atoms with van der Waals surface area (Å²) in [7, 11) is 1.26. The van der Waals surface area contributed by atoms with Crippen LogP contribution in [0.15, 0.2) is 36.9 Å². The van der Waals surface area contributed by atoms with Gasteiger partial charge in [0, 0.05) is 17.7 Å². The van der Waals surface area contributed by atoms with Crippen molar-refractivity contribution < 1.29 is 19.2 Å². The third-order valence-corrected chi connectivity index (χ3v) is 3.76. The zero-order chi connectivity index (χ0) is 18.7. The van der Waals surface area contributed by atoms with E-state index in [-0.39, 0.29) is 11.3 Å². The number of non-ortho nitro benzene ring substituents is 1. The molecule has 7 nitrogen and oxygen atoms in total. The summed E-state index contributed by atoms with van der Waals surface area (Å²) >= 11 is 0. The zero-order valence-electron chi connectivity index (χ0n) is 14.4. The molecule has 0 unspecified atom stereocenters. The molecule has 1 aromatic carbocycles. The summed E-state index contributed by atoms with van der Waals surface area (Å²) in [5.74, 6) is -1.06. The molecule has 1 rings (SSSR count). The minimum absolute atomic E-state index is 0.133. The Morgan fingerprint density at radius 3 is 2.68 bits per heavy atom. The van der Waals surface area contributed by atoms with E-state index in [1.54, 1.807) is 0 Å². The summed E-state index contributed by atoms with van der Waals surface area (Å²) in [6.45, 7) is 3.67. The Bertz CT molecular complexity index is 615. The van der Waals surface area contributed by atoms with Gasteiger partial charge in [-0.1, -0.05) is 31.4 Å². The van der Waals surface area contributed by atoms with Gasteiger partial charge in [0.2, 0.25) is 0 Å². The van der Waals surface area contributed by atoms with E-state index < -0.39 is 22.8 Å². The van der Waals surface area contributed by atoms with Crippen LogP contribution in [0, 0.1) is 10.1 Å². The van der Waals surface area contributed by atoms with E-state index >= 15 is 0 Å². The number of nitro benzene ring substituents is 1. The number of carbonyl (C=O) groups is 2. The fraction of sp³-hybridized carbons (Fsp3) is 0.444. The fourth-order valence-electron chi connectivity index (χ4n) is 2.38. The van der Waals surface area contributed by atoms with Gasteiger partial charge in [-0.15, -0.1) is 6.58 Å². The molecular formula is C18H24N2O5. The minimum atomic E-state index is -0.767. The third-order valence-electron chi connectivity index (χ3n) is 3.76. The molecule has 0 fully saturated rings. The van der Waals surface area contributed by atoms with Crippen molar-refractivity contribution >= 4 is 17.6 Å². The third kappa shape index (κ3) is 7.15. The zero-order valence-corrected chi connectivity index (χ0v) is 14.4. The number of nitrogens with zero attached hydrogens (tertiary/aromatic N) is 1. The maximum atomic E-state index is 12.3. The van der Waals surface area contributed by atoms with E-state index in [0.29, 0.717) is 6.42 Å². The number of amides is 1. The van der Waals surface area contributed by atoms with Crippen molar-refractivity contribution in [2.75, 3.05) is 7.11 Å². The van der Waals surface area contributed by atoms with Crippen molar-refractivity contribution in [2.24, 2.45) is 0 Å². The van der Waals surface area contributed by atoms with Crippen LogP contribution in [-0.4, -0.2) is 30.0 Å². The van der Waals surface area contributed by atoms with Gasteiger partial charge in [-0.3, -0.25) is 14.9 Å². The number of methoxy groups -OCH3 is 1. The van der Waals surface area contributed by atoms with E-state index in [4.69, 9.17) is 4.74 Å². The van der Waals surface area contributed by atoms with Crippen LogP contribution in [0.2, 0.25) is 0 Å². The second-order valence-corrected chi connectivity index (χ2v) is 5.64. The first-order valence-corrected chi connectivity index (χ1v) is 8.23. The van der Waals surface area contributed by atoms with E-state index in [9.17, 15) is 19.7 Å². The first-order valence-electron chi connectivity index (χ1n) is 8.23. The molecule has 1 aromatic rings. The average molecular weight is 348 g/mol. The Labute approximate surface area is 147 Å². The Kier molecular flexibility index (Phi) is 8.92. The lowest BCUT2D eigenvalue weighted by molar-refractivity contribution is -0.384. The molecular weight excluding hydrogens is 324 g/mol. The number of ether oxygens (including phenoxy) is 1. The molecule has 1 amide bonds. The number of unbranched alkanes of at least 4 members (excludes halogenated alkanes) is 4. The summed E-state index contributed by atoms with van der Waals surface area (Å²) in [6.07, 6.45) is 7.08. The predicted octanol–water partition coefficient (Wildman–Crippen LogP) is 3.39. The maximum Gasteiger partial charge on any atom is 0.328 e. The van der Waals surface area contributed by atoms with E-state index in [1.165, 1.54) is 31.4 Å². The molecule has 0 spiro atoms. The molecule has 0 aliphatic rings. The molecule has 0 saturated carbocycles. The highest BCUT2D eigenvalue weighted by molar-refractivity contribution is 5.97. The largest absolute Gasteiger partial charge is 0.467 e. The molecule has 0 heterocycles. The Hall–Kier alpha value is -2.70. The Morgan fingerprint density at radius 2 is 2.04 bits per heavy atom. The van der Waals surface area contributed by atoms with Crippen LogP contribution in [-0.2, 0) is 9.53 Å². The van der Waals surface area contributed by atoms with Crippen LogP contribution in [0.1, 0.15) is 48.9 Å². The number of carbonyl (C=O) groups excluding carboxylic acids is 2. The SMILES string of the molecule is C=CCCCCCC[C@H](NC(=O)c1cccc([N+](=O)[O-])c1)C(=O)OC. The van der Waals surface area contributed by atoms with Crippen LogP contribution in [0.25, 0.3) is 0 Å². The molecule has 1 N–H and O–H groups in total. The quantitative estimate of drug-likeness (QED) is 0.217. The topological polar surface area (TPSA) is 98.5 Å². The molecule has 0 radical (unpaired) electrons. The minimum Gasteiger partial charge on any atom is -0.467 e. The Balaban J connectivity index is 2.63. The first-order chi connectivity index (χ1) is 12.0. The van der Waals surface area contributed by atoms with Gasteiger partial charge < -0.3 is 10.1 Å². The highest BCUT2D eigenvalue weighted by Gasteiger charge is 2.22. The van der Waals surface area contributed by atoms with Crippen molar-refractivity contribution in [1.29, 1.82) is 0 Å². The number of benzene rings is 1. The molecule has 136 valence electrons. The van der Waals surface area contributed by atoms with Gasteiger partial charge in [-0.25, -0.2) is 4.79 Å². The number of hydrogen-bond acceptors (Lipinski definition) is 5. The monoisotopic (exact) mass is 348 g/mol. The van der Waals surface area contributed by atoms with Gasteiger partial charge in [0.25, 0.3) is 11.6 Å². The second-order valence-electron chi connectivity index (χ2n) is 5.64. The number of esters is 1. The van der Waals surface area contributed by atoms with Gasteiger partial charge in [-0.2, -0.15) is 0 Å². The highest BCUT2D eigenvalue weighted by Crippen LogP contribution is 2.14. The summed E-state index contributed by atoms with van der Waals surface area (Å²) in [6, 6.07) is 4.61. The van der Waals surface area contributed by atoms with Crippen LogP contribution in [0.5, 0.6) is 0 Å². The van der Waals surface area contributed by atoms with E-state index in [0.717, 1.165) is 32.1 Å². The smallest absolute Gasteiger partial charge is 0.328 e. The number of allylic oxidation sites excluding steroid dienone is 1. The summed E-state index contributed by atoms with van der Waals surface area (Å²) in [5, 5.41) is 13.4. The first kappa shape index (κ1) is 20.3. The van der Waals surface area contributed by atoms with Gasteiger partial charge in [-0.05, 0) is 25.3 Å². The highest BCUT2D eigenvalue weighted by atomic mass is 16.6. The lowest BCUT2D eigenvalue weighted by Gasteiger charge is -2.16. The van der Waals surface area contributed by atoms with Gasteiger partial charge >= 0.3 is 5.97 Å². The summed E-state index contributed by atoms with van der Waals surface area (Å²) in [4.78, 5) is 34.4. The molecule has 0 bridgehead atoms. The van der Waals surface area contributed by atoms with Crippen molar-refractivity contribution in [3.8, 4) is 0 Å². The van der Waals surface area contributed by atoms with Gasteiger partial charge in [0.15, 0.2) is 0 Å². The number of nitrogens with one attached hydrogen (secondary N) is 1. The van der Waals surface area contributed by atoms with Crippen LogP contribution >= 0.6 is 0 Å². The van der Waals surface area contributed by atoms with Crippen molar-refractivity contribution in [3.63, 3.8) is 0 Å². The van der Waals surface area contributed by atoms with Gasteiger partial charge in [0.05, 0.1) is 12.0 Å². The average Bonchev–Trinajstić information content (AvgIpc) is 2.62. The molecule has 25 heavy (non-hydrogen) atoms. The van der Waals surface area contributed by atoms with Crippen molar-refractivity contribution in [2.45, 2.75) is 44.6 Å². The Morgan fingerprint density at radius 1 is 1.32 bits per heavy atom. The van der Waals surface area contributed by atoms with Crippen molar-refractivity contribution in [3.05, 3.63) is 52.6 Å². The maximum absolute atomic E-state index is 12.3. The molecule has 0 aromatic heterocycles. The van der Waals surface area contributed by atoms with E-state index in [1.807, 2.05) is 6.08 Å². The summed E-state index contributed by atoms with van der Waals surface area (Å²) in [5.41, 5.74) is -0.0430. The second kappa shape index (κ2) is 11.0.